The van der Waals surface area contributed by atoms with Crippen LogP contribution in [0.1, 0.15) is 43.2 Å². The molecule has 8 aromatic rings. The van der Waals surface area contributed by atoms with Gasteiger partial charge in [-0.25, -0.2) is 0 Å². The van der Waals surface area contributed by atoms with E-state index < -0.39 is 0 Å². The lowest BCUT2D eigenvalue weighted by Gasteiger charge is -2.61. The Morgan fingerprint density at radius 3 is 1.98 bits per heavy atom. The number of fused-ring (bicyclic) bond motifs is 9. The number of nitrogens with zero attached hydrogens (tertiary/aromatic N) is 1. The van der Waals surface area contributed by atoms with Crippen LogP contribution in [0.25, 0.3) is 69.9 Å². The van der Waals surface area contributed by atoms with Crippen molar-refractivity contribution in [2.24, 2.45) is 23.7 Å². The molecule has 0 N–H and O–H groups in total. The minimum absolute atomic E-state index is 0.166. The molecule has 0 unspecified atom stereocenters. The minimum atomic E-state index is 0.166. The van der Waals surface area contributed by atoms with E-state index in [1.54, 1.807) is 11.1 Å². The summed E-state index contributed by atoms with van der Waals surface area (Å²) < 4.78 is 5.28. The van der Waals surface area contributed by atoms with Gasteiger partial charge in [-0.2, -0.15) is 0 Å². The van der Waals surface area contributed by atoms with Gasteiger partial charge in [-0.3, -0.25) is 0 Å². The van der Waals surface area contributed by atoms with Crippen LogP contribution in [-0.2, 0) is 5.41 Å². The molecule has 0 amide bonds. The minimum Gasteiger partial charge on any atom is -0.309 e. The molecule has 1 nitrogen and oxygen atoms in total. The van der Waals surface area contributed by atoms with E-state index in [4.69, 9.17) is 0 Å². The van der Waals surface area contributed by atoms with Gasteiger partial charge in [0.1, 0.15) is 0 Å². The van der Waals surface area contributed by atoms with Crippen LogP contribution in [0.15, 0.2) is 127 Å². The maximum Gasteiger partial charge on any atom is 0.0547 e. The van der Waals surface area contributed by atoms with Crippen molar-refractivity contribution in [3.63, 3.8) is 0 Å². The Balaban J connectivity index is 1.08. The topological polar surface area (TPSA) is 4.93 Å². The van der Waals surface area contributed by atoms with Crippen molar-refractivity contribution in [2.75, 3.05) is 0 Å². The Kier molecular flexibility index (Phi) is 5.08. The van der Waals surface area contributed by atoms with E-state index in [9.17, 15) is 0 Å². The van der Waals surface area contributed by atoms with Crippen molar-refractivity contribution in [3.05, 3.63) is 139 Å². The second-order valence-electron chi connectivity index (χ2n) is 15.3. The van der Waals surface area contributed by atoms with Crippen LogP contribution in [0.2, 0.25) is 0 Å². The van der Waals surface area contributed by atoms with Gasteiger partial charge in [0.2, 0.25) is 0 Å². The lowest BCUT2D eigenvalue weighted by atomic mass is 9.43. The molecule has 48 heavy (non-hydrogen) atoms. The zero-order chi connectivity index (χ0) is 31.1. The summed E-state index contributed by atoms with van der Waals surface area (Å²) in [5, 5.41) is 5.36. The third-order valence-corrected chi connectivity index (χ3v) is 14.3. The van der Waals surface area contributed by atoms with Gasteiger partial charge in [0.05, 0.1) is 11.0 Å². The van der Waals surface area contributed by atoms with Crippen LogP contribution in [-0.4, -0.2) is 4.57 Å². The Hall–Kier alpha value is -4.66. The molecular formula is C46H35NS. The smallest absolute Gasteiger partial charge is 0.0547 e. The first-order valence-corrected chi connectivity index (χ1v) is 18.8. The van der Waals surface area contributed by atoms with Gasteiger partial charge in [-0.05, 0) is 126 Å². The fourth-order valence-electron chi connectivity index (χ4n) is 11.6. The van der Waals surface area contributed by atoms with Crippen LogP contribution in [0.3, 0.4) is 0 Å². The van der Waals surface area contributed by atoms with Crippen molar-refractivity contribution in [1.82, 2.24) is 4.57 Å². The number of rotatable bonds is 2. The van der Waals surface area contributed by atoms with Crippen molar-refractivity contribution in [1.29, 1.82) is 0 Å². The summed E-state index contributed by atoms with van der Waals surface area (Å²) in [5.41, 5.74) is 12.8. The van der Waals surface area contributed by atoms with Gasteiger partial charge in [0, 0.05) is 42.0 Å². The summed E-state index contributed by atoms with van der Waals surface area (Å²) in [4.78, 5) is 0. The first kappa shape index (κ1) is 26.3. The summed E-state index contributed by atoms with van der Waals surface area (Å²) in [6.45, 7) is 0. The molecule has 2 heteroatoms. The van der Waals surface area contributed by atoms with E-state index in [1.165, 1.54) is 102 Å². The van der Waals surface area contributed by atoms with Gasteiger partial charge in [0.15, 0.2) is 0 Å². The number of hydrogen-bond acceptors (Lipinski definition) is 1. The molecule has 0 radical (unpaired) electrons. The molecule has 1 spiro atoms. The highest BCUT2D eigenvalue weighted by Crippen LogP contribution is 2.69. The number of hydrogen-bond donors (Lipinski definition) is 0. The van der Waals surface area contributed by atoms with E-state index in [2.05, 4.69) is 132 Å². The van der Waals surface area contributed by atoms with Crippen LogP contribution in [0.5, 0.6) is 0 Å². The highest BCUT2D eigenvalue weighted by atomic mass is 32.1. The van der Waals surface area contributed by atoms with E-state index in [0.717, 1.165) is 23.7 Å². The monoisotopic (exact) mass is 633 g/mol. The molecule has 6 aromatic carbocycles. The predicted molar refractivity (Wildman–Crippen MR) is 202 cm³/mol. The van der Waals surface area contributed by atoms with E-state index in [-0.39, 0.29) is 5.41 Å². The average Bonchev–Trinajstić information content (AvgIpc) is 3.76. The third-order valence-electron chi connectivity index (χ3n) is 13.2. The molecule has 4 fully saturated rings. The molecule has 13 rings (SSSR count). The fraction of sp³-hybridized carbons (Fsp3) is 0.217. The SMILES string of the molecule is c1ccc2c(c1)-c1ccc(-n3c4ccccc4c4ccc(-c5ccc6c(c5)sc5ccccc56)cc43)cc1C21C2CC3CC(C2)CC1C3. The van der Waals surface area contributed by atoms with Gasteiger partial charge >= 0.3 is 0 Å². The summed E-state index contributed by atoms with van der Waals surface area (Å²) >= 11 is 1.90. The normalized spacial score (nSPS) is 25.2. The van der Waals surface area contributed by atoms with Crippen LogP contribution < -0.4 is 0 Å². The first-order valence-electron chi connectivity index (χ1n) is 17.9. The molecular weight excluding hydrogens is 599 g/mol. The van der Waals surface area contributed by atoms with E-state index in [1.807, 2.05) is 11.3 Å². The maximum absolute atomic E-state index is 2.64. The second-order valence-corrected chi connectivity index (χ2v) is 16.4. The average molecular weight is 634 g/mol. The molecule has 4 bridgehead atoms. The van der Waals surface area contributed by atoms with Crippen molar-refractivity contribution < 1.29 is 0 Å². The van der Waals surface area contributed by atoms with Gasteiger partial charge in [-0.15, -0.1) is 11.3 Å². The summed E-state index contributed by atoms with van der Waals surface area (Å²) in [7, 11) is 0. The lowest BCUT2D eigenvalue weighted by Crippen LogP contribution is -2.55. The van der Waals surface area contributed by atoms with Crippen molar-refractivity contribution >= 4 is 53.3 Å². The number of aromatic nitrogens is 1. The van der Waals surface area contributed by atoms with Gasteiger partial charge < -0.3 is 4.57 Å². The van der Waals surface area contributed by atoms with Gasteiger partial charge in [0.25, 0.3) is 0 Å². The Labute approximate surface area is 284 Å². The van der Waals surface area contributed by atoms with E-state index in [0.29, 0.717) is 0 Å². The maximum atomic E-state index is 2.64. The van der Waals surface area contributed by atoms with Crippen molar-refractivity contribution in [3.8, 4) is 27.9 Å². The third kappa shape index (κ3) is 3.27. The fourth-order valence-corrected chi connectivity index (χ4v) is 12.8. The molecule has 0 aliphatic heterocycles. The van der Waals surface area contributed by atoms with Crippen LogP contribution >= 0.6 is 11.3 Å². The molecule has 0 saturated heterocycles. The zero-order valence-corrected chi connectivity index (χ0v) is 27.6. The van der Waals surface area contributed by atoms with Crippen molar-refractivity contribution in [2.45, 2.75) is 37.5 Å². The summed E-state index contributed by atoms with van der Waals surface area (Å²) in [5.74, 6) is 3.42. The van der Waals surface area contributed by atoms with Gasteiger partial charge in [-0.1, -0.05) is 91.0 Å². The molecule has 5 aliphatic carbocycles. The number of thiophene rings is 1. The highest BCUT2D eigenvalue weighted by Gasteiger charge is 2.61. The highest BCUT2D eigenvalue weighted by molar-refractivity contribution is 7.25. The molecule has 230 valence electrons. The molecule has 5 aliphatic rings. The largest absolute Gasteiger partial charge is 0.309 e. The molecule has 0 atom stereocenters. The summed E-state index contributed by atoms with van der Waals surface area (Å²) in [6.07, 6.45) is 7.13. The quantitative estimate of drug-likeness (QED) is 0.178. The zero-order valence-electron chi connectivity index (χ0n) is 26.8. The number of benzene rings is 6. The Morgan fingerprint density at radius 2 is 1.12 bits per heavy atom. The standard InChI is InChI=1S/C46H35NS/c1-4-10-40-34(7-1)35-18-15-33(26-41(35)46(40)31-20-27-19-28(22-31)23-32(46)21-27)47-42-11-5-2-8-36(42)37-16-13-29(24-43(37)47)30-14-17-39-38-9-3-6-12-44(38)48-45(39)25-30/h1-18,24-28,31-32H,19-23H2. The Bertz CT molecular complexity index is 2620. The molecule has 2 aromatic heterocycles. The summed E-state index contributed by atoms with van der Waals surface area (Å²) in [6, 6.07) is 49.0. The molecule has 2 heterocycles. The predicted octanol–water partition coefficient (Wildman–Crippen LogP) is 12.5. The first-order chi connectivity index (χ1) is 23.7. The van der Waals surface area contributed by atoms with Crippen LogP contribution in [0.4, 0.5) is 0 Å². The number of para-hydroxylation sites is 1. The Morgan fingerprint density at radius 1 is 0.479 bits per heavy atom. The van der Waals surface area contributed by atoms with Crippen LogP contribution in [0, 0.1) is 23.7 Å². The van der Waals surface area contributed by atoms with E-state index >= 15 is 0 Å². The lowest BCUT2D eigenvalue weighted by molar-refractivity contribution is -0.0399. The molecule has 4 saturated carbocycles. The second kappa shape index (κ2) is 9.27.